The first-order valence-electron chi connectivity index (χ1n) is 7.05. The topological polar surface area (TPSA) is 54.0 Å². The minimum atomic E-state index is -0.702. The molecule has 1 aromatic carbocycles. The summed E-state index contributed by atoms with van der Waals surface area (Å²) in [6.07, 6.45) is 0.671. The third-order valence-corrected chi connectivity index (χ3v) is 3.33. The molecule has 1 fully saturated rings. The van der Waals surface area contributed by atoms with E-state index in [1.807, 2.05) is 38.1 Å². The van der Waals surface area contributed by atoms with Crippen LogP contribution in [0.25, 0.3) is 0 Å². The number of hydrogen-bond acceptors (Lipinski definition) is 5. The molecule has 0 amide bonds. The van der Waals surface area contributed by atoms with E-state index in [1.165, 1.54) is 0 Å². The van der Waals surface area contributed by atoms with Gasteiger partial charge < -0.3 is 23.7 Å². The van der Waals surface area contributed by atoms with Gasteiger partial charge in [0.15, 0.2) is 12.1 Å². The van der Waals surface area contributed by atoms with Crippen molar-refractivity contribution in [1.82, 2.24) is 0 Å². The summed E-state index contributed by atoms with van der Waals surface area (Å²) in [7, 11) is 1.64. The lowest BCUT2D eigenvalue weighted by Crippen LogP contribution is -2.25. The second kappa shape index (κ2) is 7.02. The zero-order chi connectivity index (χ0) is 15.3. The second-order valence-electron chi connectivity index (χ2n) is 5.46. The third-order valence-electron chi connectivity index (χ3n) is 3.33. The van der Waals surface area contributed by atoms with Gasteiger partial charge in [-0.2, -0.15) is 0 Å². The van der Waals surface area contributed by atoms with Crippen LogP contribution in [0.3, 0.4) is 0 Å². The van der Waals surface area contributed by atoms with Gasteiger partial charge in [-0.3, -0.25) is 0 Å². The van der Waals surface area contributed by atoms with Gasteiger partial charge >= 0.3 is 0 Å². The Morgan fingerprint density at radius 1 is 1.24 bits per heavy atom. The van der Waals surface area contributed by atoms with E-state index < -0.39 is 11.9 Å². The first-order valence-corrected chi connectivity index (χ1v) is 7.05. The minimum absolute atomic E-state index is 0.242. The maximum absolute atomic E-state index is 11.0. The first kappa shape index (κ1) is 15.9. The van der Waals surface area contributed by atoms with E-state index in [4.69, 9.17) is 18.9 Å². The fourth-order valence-corrected chi connectivity index (χ4v) is 2.31. The SMILES string of the molecule is COc1ccc(COCC[C@@H]2OC(C)(C)O[C@H]2C=O)cc1. The van der Waals surface area contributed by atoms with Crippen LogP contribution in [0.15, 0.2) is 24.3 Å². The number of methoxy groups -OCH3 is 1. The molecule has 1 aromatic rings. The van der Waals surface area contributed by atoms with E-state index >= 15 is 0 Å². The van der Waals surface area contributed by atoms with Gasteiger partial charge in [0.2, 0.25) is 0 Å². The van der Waals surface area contributed by atoms with Gasteiger partial charge in [0.05, 0.1) is 19.8 Å². The minimum Gasteiger partial charge on any atom is -0.497 e. The number of aldehydes is 1. The molecule has 5 nitrogen and oxygen atoms in total. The molecule has 1 aliphatic rings. The molecule has 0 unspecified atom stereocenters. The van der Waals surface area contributed by atoms with Gasteiger partial charge in [0.25, 0.3) is 0 Å². The maximum Gasteiger partial charge on any atom is 0.164 e. The summed E-state index contributed by atoms with van der Waals surface area (Å²) in [6.45, 7) is 4.65. The van der Waals surface area contributed by atoms with Crippen molar-refractivity contribution < 1.29 is 23.7 Å². The molecule has 1 saturated heterocycles. The highest BCUT2D eigenvalue weighted by Crippen LogP contribution is 2.28. The van der Waals surface area contributed by atoms with E-state index in [9.17, 15) is 4.79 Å². The molecule has 2 rings (SSSR count). The Labute approximate surface area is 125 Å². The van der Waals surface area contributed by atoms with Crippen LogP contribution in [0.2, 0.25) is 0 Å². The van der Waals surface area contributed by atoms with Crippen LogP contribution in [0.5, 0.6) is 5.75 Å². The lowest BCUT2D eigenvalue weighted by Gasteiger charge is -2.16. The van der Waals surface area contributed by atoms with Crippen LogP contribution >= 0.6 is 0 Å². The zero-order valence-corrected chi connectivity index (χ0v) is 12.7. The Balaban J connectivity index is 1.72. The van der Waals surface area contributed by atoms with Crippen molar-refractivity contribution in [3.8, 4) is 5.75 Å². The zero-order valence-electron chi connectivity index (χ0n) is 12.7. The Morgan fingerprint density at radius 2 is 1.95 bits per heavy atom. The van der Waals surface area contributed by atoms with Gasteiger partial charge in [0, 0.05) is 13.0 Å². The summed E-state index contributed by atoms with van der Waals surface area (Å²) >= 11 is 0. The average molecular weight is 294 g/mol. The van der Waals surface area contributed by atoms with Crippen molar-refractivity contribution in [3.05, 3.63) is 29.8 Å². The molecule has 0 spiro atoms. The molecule has 0 bridgehead atoms. The molecule has 2 atom stereocenters. The van der Waals surface area contributed by atoms with Crippen LogP contribution < -0.4 is 4.74 Å². The largest absolute Gasteiger partial charge is 0.497 e. The normalized spacial score (nSPS) is 24.0. The standard InChI is InChI=1S/C16H22O5/c1-16(2)20-14(15(10-17)21-16)8-9-19-11-12-4-6-13(18-3)7-5-12/h4-7,10,14-15H,8-9,11H2,1-3H3/t14-,15-/m0/s1. The summed E-state index contributed by atoms with van der Waals surface area (Å²) in [6, 6.07) is 7.73. The predicted molar refractivity (Wildman–Crippen MR) is 77.2 cm³/mol. The second-order valence-corrected chi connectivity index (χ2v) is 5.46. The molecule has 0 N–H and O–H groups in total. The van der Waals surface area contributed by atoms with Crippen LogP contribution in [0.4, 0.5) is 0 Å². The van der Waals surface area contributed by atoms with Crippen molar-refractivity contribution in [2.75, 3.05) is 13.7 Å². The molecule has 0 aromatic heterocycles. The molecule has 21 heavy (non-hydrogen) atoms. The van der Waals surface area contributed by atoms with E-state index in [0.717, 1.165) is 17.6 Å². The van der Waals surface area contributed by atoms with E-state index in [2.05, 4.69) is 0 Å². The summed E-state index contributed by atoms with van der Waals surface area (Å²) in [5.41, 5.74) is 1.08. The molecular formula is C16H22O5. The van der Waals surface area contributed by atoms with Crippen LogP contribution in [0, 0.1) is 0 Å². The van der Waals surface area contributed by atoms with Gasteiger partial charge in [-0.05, 0) is 31.5 Å². The molecule has 0 saturated carbocycles. The van der Waals surface area contributed by atoms with Crippen molar-refractivity contribution in [3.63, 3.8) is 0 Å². The van der Waals surface area contributed by atoms with E-state index in [-0.39, 0.29) is 6.10 Å². The number of ether oxygens (including phenoxy) is 4. The highest BCUT2D eigenvalue weighted by Gasteiger charge is 2.40. The Hall–Kier alpha value is -1.43. The molecule has 116 valence electrons. The lowest BCUT2D eigenvalue weighted by molar-refractivity contribution is -0.151. The number of carbonyl (C=O) groups is 1. The fourth-order valence-electron chi connectivity index (χ4n) is 2.31. The molecule has 1 aliphatic heterocycles. The summed E-state index contributed by atoms with van der Waals surface area (Å²) in [5, 5.41) is 0. The third kappa shape index (κ3) is 4.52. The van der Waals surface area contributed by atoms with Gasteiger partial charge in [-0.15, -0.1) is 0 Å². The molecular weight excluding hydrogens is 272 g/mol. The number of hydrogen-bond donors (Lipinski definition) is 0. The number of benzene rings is 1. The van der Waals surface area contributed by atoms with Crippen molar-refractivity contribution in [1.29, 1.82) is 0 Å². The fraction of sp³-hybridized carbons (Fsp3) is 0.562. The highest BCUT2D eigenvalue weighted by molar-refractivity contribution is 5.57. The summed E-state index contributed by atoms with van der Waals surface area (Å²) < 4.78 is 21.9. The quantitative estimate of drug-likeness (QED) is 0.570. The van der Waals surface area contributed by atoms with Crippen molar-refractivity contribution >= 4 is 6.29 Å². The smallest absolute Gasteiger partial charge is 0.164 e. The van der Waals surface area contributed by atoms with Crippen LogP contribution in [0.1, 0.15) is 25.8 Å². The van der Waals surface area contributed by atoms with Crippen LogP contribution in [-0.2, 0) is 25.6 Å². The molecule has 1 heterocycles. The van der Waals surface area contributed by atoms with Gasteiger partial charge in [0.1, 0.15) is 11.9 Å². The van der Waals surface area contributed by atoms with Gasteiger partial charge in [-0.25, -0.2) is 0 Å². The number of carbonyl (C=O) groups excluding carboxylic acids is 1. The maximum atomic E-state index is 11.0. The summed E-state index contributed by atoms with van der Waals surface area (Å²) in [4.78, 5) is 11.0. The highest BCUT2D eigenvalue weighted by atomic mass is 16.8. The Kier molecular flexibility index (Phi) is 5.33. The lowest BCUT2D eigenvalue weighted by atomic mass is 10.2. The Morgan fingerprint density at radius 3 is 2.57 bits per heavy atom. The van der Waals surface area contributed by atoms with Crippen molar-refractivity contribution in [2.45, 2.75) is 44.9 Å². The summed E-state index contributed by atoms with van der Waals surface area (Å²) in [5.74, 6) is 0.123. The van der Waals surface area contributed by atoms with Crippen LogP contribution in [-0.4, -0.2) is 38.0 Å². The molecule has 0 aliphatic carbocycles. The first-order chi connectivity index (χ1) is 10.0. The monoisotopic (exact) mass is 294 g/mol. The van der Waals surface area contributed by atoms with E-state index in [0.29, 0.717) is 19.6 Å². The van der Waals surface area contributed by atoms with Gasteiger partial charge in [-0.1, -0.05) is 12.1 Å². The Bertz CT molecular complexity index is 454. The average Bonchev–Trinajstić information content (AvgIpc) is 2.78. The number of rotatable bonds is 7. The molecule has 0 radical (unpaired) electrons. The van der Waals surface area contributed by atoms with E-state index in [1.54, 1.807) is 7.11 Å². The van der Waals surface area contributed by atoms with Crippen molar-refractivity contribution in [2.24, 2.45) is 0 Å². The molecule has 5 heteroatoms. The predicted octanol–water partition coefficient (Wildman–Crippen LogP) is 2.32.